The van der Waals surface area contributed by atoms with E-state index in [1.807, 2.05) is 0 Å². The first-order valence-electron chi connectivity index (χ1n) is 2.93. The lowest BCUT2D eigenvalue weighted by Gasteiger charge is -2.01. The summed E-state index contributed by atoms with van der Waals surface area (Å²) in [6, 6.07) is 2.92. The minimum atomic E-state index is -0.148. The molecule has 0 unspecified atom stereocenters. The van der Waals surface area contributed by atoms with Gasteiger partial charge in [-0.15, -0.1) is 0 Å². The summed E-state index contributed by atoms with van der Waals surface area (Å²) in [6.45, 7) is -0.139. The molecule has 0 radical (unpaired) electrons. The second-order valence-electron chi connectivity index (χ2n) is 2.07. The van der Waals surface area contributed by atoms with Gasteiger partial charge in [0.15, 0.2) is 5.75 Å². The second-order valence-corrected chi connectivity index (χ2v) is 2.88. The van der Waals surface area contributed by atoms with Gasteiger partial charge in [0.2, 0.25) is 0 Å². The monoisotopic (exact) mass is 192 g/mol. The quantitative estimate of drug-likeness (QED) is 0.717. The van der Waals surface area contributed by atoms with E-state index in [9.17, 15) is 0 Å². The third kappa shape index (κ3) is 1.77. The lowest BCUT2D eigenvalue weighted by atomic mass is 10.2. The standard InChI is InChI=1S/C7H6Cl2O2/c8-5-1-4(3-10)2-6(9)7(5)11/h1-2,10-11H,3H2. The zero-order valence-corrected chi connectivity index (χ0v) is 7.02. The van der Waals surface area contributed by atoms with Crippen molar-refractivity contribution in [3.8, 4) is 5.75 Å². The summed E-state index contributed by atoms with van der Waals surface area (Å²) in [5, 5.41) is 18.1. The van der Waals surface area contributed by atoms with E-state index in [4.69, 9.17) is 33.4 Å². The van der Waals surface area contributed by atoms with Gasteiger partial charge in [0.25, 0.3) is 0 Å². The molecular formula is C7H6Cl2O2. The average Bonchev–Trinajstić information content (AvgIpc) is 1.99. The van der Waals surface area contributed by atoms with Crippen LogP contribution >= 0.6 is 23.2 Å². The van der Waals surface area contributed by atoms with Crippen LogP contribution in [0, 0.1) is 0 Å². The molecular weight excluding hydrogens is 187 g/mol. The summed E-state index contributed by atoms with van der Waals surface area (Å²) < 4.78 is 0. The van der Waals surface area contributed by atoms with Crippen LogP contribution in [0.1, 0.15) is 5.56 Å². The van der Waals surface area contributed by atoms with Crippen molar-refractivity contribution < 1.29 is 10.2 Å². The van der Waals surface area contributed by atoms with Crippen LogP contribution in [0.5, 0.6) is 5.75 Å². The van der Waals surface area contributed by atoms with Crippen LogP contribution in [-0.4, -0.2) is 10.2 Å². The Kier molecular flexibility index (Phi) is 2.60. The van der Waals surface area contributed by atoms with E-state index in [1.165, 1.54) is 12.1 Å². The molecule has 0 bridgehead atoms. The predicted molar refractivity (Wildman–Crippen MR) is 44.0 cm³/mol. The van der Waals surface area contributed by atoms with Crippen molar-refractivity contribution in [2.24, 2.45) is 0 Å². The van der Waals surface area contributed by atoms with Crippen LogP contribution < -0.4 is 0 Å². The van der Waals surface area contributed by atoms with Gasteiger partial charge in [-0.2, -0.15) is 0 Å². The first-order chi connectivity index (χ1) is 5.15. The highest BCUT2D eigenvalue weighted by Crippen LogP contribution is 2.32. The number of hydrogen-bond acceptors (Lipinski definition) is 2. The Morgan fingerprint density at radius 2 is 1.64 bits per heavy atom. The van der Waals surface area contributed by atoms with Crippen molar-refractivity contribution in [2.75, 3.05) is 0 Å². The fourth-order valence-electron chi connectivity index (χ4n) is 0.709. The second kappa shape index (κ2) is 3.30. The Labute approximate surface area is 74.0 Å². The van der Waals surface area contributed by atoms with E-state index in [0.29, 0.717) is 5.56 Å². The topological polar surface area (TPSA) is 40.5 Å². The fraction of sp³-hybridized carbons (Fsp3) is 0.143. The van der Waals surface area contributed by atoms with Crippen molar-refractivity contribution in [2.45, 2.75) is 6.61 Å². The van der Waals surface area contributed by atoms with Gasteiger partial charge in [-0.25, -0.2) is 0 Å². The van der Waals surface area contributed by atoms with Crippen LogP contribution in [0.15, 0.2) is 12.1 Å². The number of phenols is 1. The lowest BCUT2D eigenvalue weighted by molar-refractivity contribution is 0.281. The Morgan fingerprint density at radius 3 is 2.00 bits per heavy atom. The minimum absolute atomic E-state index is 0.139. The molecule has 0 aliphatic heterocycles. The van der Waals surface area contributed by atoms with Crippen LogP contribution in [0.4, 0.5) is 0 Å². The summed E-state index contributed by atoms with van der Waals surface area (Å²) >= 11 is 11.1. The summed E-state index contributed by atoms with van der Waals surface area (Å²) in [5.41, 5.74) is 0.581. The number of hydrogen-bond donors (Lipinski definition) is 2. The Morgan fingerprint density at radius 1 is 1.18 bits per heavy atom. The number of rotatable bonds is 1. The average molecular weight is 193 g/mol. The number of phenolic OH excluding ortho intramolecular Hbond substituents is 1. The molecule has 0 fully saturated rings. The Hall–Kier alpha value is -0.440. The molecule has 0 amide bonds. The van der Waals surface area contributed by atoms with Gasteiger partial charge in [0, 0.05) is 0 Å². The van der Waals surface area contributed by atoms with Crippen LogP contribution in [0.3, 0.4) is 0 Å². The van der Waals surface area contributed by atoms with E-state index in [2.05, 4.69) is 0 Å². The van der Waals surface area contributed by atoms with Gasteiger partial charge in [0.1, 0.15) is 0 Å². The van der Waals surface area contributed by atoms with Gasteiger partial charge in [-0.1, -0.05) is 23.2 Å². The maximum atomic E-state index is 9.08. The van der Waals surface area contributed by atoms with E-state index >= 15 is 0 Å². The van der Waals surface area contributed by atoms with Crippen LogP contribution in [0.25, 0.3) is 0 Å². The van der Waals surface area contributed by atoms with Gasteiger partial charge < -0.3 is 10.2 Å². The minimum Gasteiger partial charge on any atom is -0.505 e. The van der Waals surface area contributed by atoms with Crippen molar-refractivity contribution in [1.29, 1.82) is 0 Å². The number of aromatic hydroxyl groups is 1. The summed E-state index contributed by atoms with van der Waals surface area (Å²) in [5.74, 6) is -0.148. The van der Waals surface area contributed by atoms with Crippen molar-refractivity contribution in [3.63, 3.8) is 0 Å². The molecule has 0 spiro atoms. The van der Waals surface area contributed by atoms with E-state index in [1.54, 1.807) is 0 Å². The molecule has 0 aliphatic carbocycles. The van der Waals surface area contributed by atoms with E-state index in [-0.39, 0.29) is 22.4 Å². The first-order valence-corrected chi connectivity index (χ1v) is 3.68. The lowest BCUT2D eigenvalue weighted by Crippen LogP contribution is -1.83. The number of aliphatic hydroxyl groups is 1. The molecule has 1 rings (SSSR count). The Balaban J connectivity index is 3.21. The molecule has 0 heterocycles. The normalized spacial score (nSPS) is 10.1. The molecule has 60 valence electrons. The first kappa shape index (κ1) is 8.65. The SMILES string of the molecule is OCc1cc(Cl)c(O)c(Cl)c1. The maximum Gasteiger partial charge on any atom is 0.152 e. The Bertz CT molecular complexity index is 250. The molecule has 0 saturated heterocycles. The maximum absolute atomic E-state index is 9.08. The van der Waals surface area contributed by atoms with E-state index < -0.39 is 0 Å². The molecule has 1 aromatic rings. The van der Waals surface area contributed by atoms with Crippen molar-refractivity contribution >= 4 is 23.2 Å². The number of halogens is 2. The predicted octanol–water partition coefficient (Wildman–Crippen LogP) is 2.19. The third-order valence-corrected chi connectivity index (χ3v) is 1.84. The number of aliphatic hydroxyl groups excluding tert-OH is 1. The van der Waals surface area contributed by atoms with Crippen molar-refractivity contribution in [3.05, 3.63) is 27.7 Å². The summed E-state index contributed by atoms with van der Waals surface area (Å²) in [7, 11) is 0. The molecule has 0 aliphatic rings. The molecule has 2 N–H and O–H groups in total. The smallest absolute Gasteiger partial charge is 0.152 e. The molecule has 0 saturated carbocycles. The summed E-state index contributed by atoms with van der Waals surface area (Å²) in [6.07, 6.45) is 0. The van der Waals surface area contributed by atoms with Crippen LogP contribution in [0.2, 0.25) is 10.0 Å². The highest BCUT2D eigenvalue weighted by molar-refractivity contribution is 6.37. The zero-order chi connectivity index (χ0) is 8.43. The third-order valence-electron chi connectivity index (χ3n) is 1.26. The largest absolute Gasteiger partial charge is 0.505 e. The van der Waals surface area contributed by atoms with Crippen molar-refractivity contribution in [1.82, 2.24) is 0 Å². The zero-order valence-electron chi connectivity index (χ0n) is 5.51. The van der Waals surface area contributed by atoms with Crippen LogP contribution in [-0.2, 0) is 6.61 Å². The highest BCUT2D eigenvalue weighted by atomic mass is 35.5. The van der Waals surface area contributed by atoms with E-state index in [0.717, 1.165) is 0 Å². The fourth-order valence-corrected chi connectivity index (χ4v) is 1.24. The van der Waals surface area contributed by atoms with Gasteiger partial charge >= 0.3 is 0 Å². The molecule has 11 heavy (non-hydrogen) atoms. The molecule has 4 heteroatoms. The van der Waals surface area contributed by atoms with Gasteiger partial charge in [-0.05, 0) is 17.7 Å². The molecule has 0 aromatic heterocycles. The highest BCUT2D eigenvalue weighted by Gasteiger charge is 2.04. The number of benzene rings is 1. The summed E-state index contributed by atoms with van der Waals surface area (Å²) in [4.78, 5) is 0. The van der Waals surface area contributed by atoms with Gasteiger partial charge in [0.05, 0.1) is 16.7 Å². The van der Waals surface area contributed by atoms with Gasteiger partial charge in [-0.3, -0.25) is 0 Å². The molecule has 1 aromatic carbocycles. The molecule has 0 atom stereocenters. The molecule has 2 nitrogen and oxygen atoms in total.